The summed E-state index contributed by atoms with van der Waals surface area (Å²) in [6.07, 6.45) is 5.23. The molecular formula is C23H25N5. The first-order valence-corrected chi connectivity index (χ1v) is 9.75. The molecule has 0 bridgehead atoms. The second-order valence-corrected chi connectivity index (χ2v) is 6.90. The van der Waals surface area contributed by atoms with Crippen molar-refractivity contribution in [3.05, 3.63) is 84.1 Å². The van der Waals surface area contributed by atoms with Crippen LogP contribution in [0.1, 0.15) is 24.0 Å². The number of hydrogen-bond donors (Lipinski definition) is 2. The van der Waals surface area contributed by atoms with Gasteiger partial charge in [0.15, 0.2) is 5.65 Å². The summed E-state index contributed by atoms with van der Waals surface area (Å²) in [6, 6.07) is 22.8. The van der Waals surface area contributed by atoms with Crippen molar-refractivity contribution >= 4 is 11.5 Å². The molecule has 0 saturated heterocycles. The van der Waals surface area contributed by atoms with Gasteiger partial charge in [0.1, 0.15) is 5.82 Å². The molecule has 0 aliphatic heterocycles. The Morgan fingerprint density at radius 1 is 0.857 bits per heavy atom. The Morgan fingerprint density at radius 2 is 1.68 bits per heavy atom. The van der Waals surface area contributed by atoms with Crippen LogP contribution in [-0.2, 0) is 13.0 Å². The second-order valence-electron chi connectivity index (χ2n) is 6.90. The normalized spacial score (nSPS) is 11.0. The lowest BCUT2D eigenvalue weighted by molar-refractivity contribution is 0.759. The van der Waals surface area contributed by atoms with E-state index < -0.39 is 0 Å². The van der Waals surface area contributed by atoms with Gasteiger partial charge < -0.3 is 11.1 Å². The van der Waals surface area contributed by atoms with Gasteiger partial charge in [0.2, 0.25) is 0 Å². The molecule has 2 aromatic heterocycles. The van der Waals surface area contributed by atoms with Gasteiger partial charge >= 0.3 is 0 Å². The third kappa shape index (κ3) is 4.21. The monoisotopic (exact) mass is 371 g/mol. The van der Waals surface area contributed by atoms with Crippen molar-refractivity contribution in [2.75, 3.05) is 11.9 Å². The fourth-order valence-electron chi connectivity index (χ4n) is 3.29. The number of nitrogens with two attached hydrogens (primary N) is 1. The lowest BCUT2D eigenvalue weighted by Crippen LogP contribution is -2.06. The molecular weight excluding hydrogens is 346 g/mol. The quantitative estimate of drug-likeness (QED) is 0.453. The van der Waals surface area contributed by atoms with E-state index in [-0.39, 0.29) is 0 Å². The van der Waals surface area contributed by atoms with E-state index in [9.17, 15) is 0 Å². The van der Waals surface area contributed by atoms with E-state index in [1.165, 1.54) is 5.56 Å². The first-order valence-electron chi connectivity index (χ1n) is 9.75. The van der Waals surface area contributed by atoms with Crippen LogP contribution >= 0.6 is 0 Å². The van der Waals surface area contributed by atoms with Crippen molar-refractivity contribution in [1.29, 1.82) is 0 Å². The number of nitrogens with one attached hydrogen (secondary N) is 1. The van der Waals surface area contributed by atoms with Gasteiger partial charge in [-0.25, -0.2) is 9.50 Å². The zero-order valence-electron chi connectivity index (χ0n) is 15.9. The van der Waals surface area contributed by atoms with Crippen LogP contribution in [0.3, 0.4) is 0 Å². The maximum atomic E-state index is 5.69. The van der Waals surface area contributed by atoms with Gasteiger partial charge in [-0.3, -0.25) is 0 Å². The Bertz CT molecular complexity index is 1020. The molecule has 0 unspecified atom stereocenters. The van der Waals surface area contributed by atoms with Crippen molar-refractivity contribution in [3.63, 3.8) is 0 Å². The average molecular weight is 371 g/mol. The van der Waals surface area contributed by atoms with Gasteiger partial charge in [-0.05, 0) is 42.5 Å². The molecule has 4 aromatic rings. The van der Waals surface area contributed by atoms with Crippen LogP contribution in [0, 0.1) is 0 Å². The largest absolute Gasteiger partial charge is 0.369 e. The Morgan fingerprint density at radius 3 is 2.46 bits per heavy atom. The summed E-state index contributed by atoms with van der Waals surface area (Å²) >= 11 is 0. The minimum atomic E-state index is 0.546. The molecule has 4 rings (SSSR count). The predicted octanol–water partition coefficient (Wildman–Crippen LogP) is 4.29. The molecule has 2 heterocycles. The smallest absolute Gasteiger partial charge is 0.154 e. The van der Waals surface area contributed by atoms with E-state index in [0.29, 0.717) is 6.54 Å². The van der Waals surface area contributed by atoms with Gasteiger partial charge in [0.05, 0.1) is 11.9 Å². The average Bonchev–Trinajstić information content (AvgIpc) is 3.17. The molecule has 142 valence electrons. The van der Waals surface area contributed by atoms with Crippen molar-refractivity contribution in [2.24, 2.45) is 5.73 Å². The molecule has 0 saturated carbocycles. The number of rotatable bonds is 8. The number of hydrogen-bond acceptors (Lipinski definition) is 4. The van der Waals surface area contributed by atoms with Gasteiger partial charge in [0.25, 0.3) is 0 Å². The van der Waals surface area contributed by atoms with E-state index >= 15 is 0 Å². The number of aryl methyl sites for hydroxylation is 1. The molecule has 0 aliphatic carbocycles. The zero-order chi connectivity index (χ0) is 19.2. The highest BCUT2D eigenvalue weighted by Crippen LogP contribution is 2.21. The zero-order valence-corrected chi connectivity index (χ0v) is 15.9. The second kappa shape index (κ2) is 8.67. The van der Waals surface area contributed by atoms with Crippen molar-refractivity contribution in [2.45, 2.75) is 25.8 Å². The highest BCUT2D eigenvalue weighted by Gasteiger charge is 2.08. The van der Waals surface area contributed by atoms with Crippen LogP contribution in [0.15, 0.2) is 72.9 Å². The van der Waals surface area contributed by atoms with Gasteiger partial charge in [0, 0.05) is 18.7 Å². The molecule has 0 atom stereocenters. The number of anilines is 1. The maximum Gasteiger partial charge on any atom is 0.154 e. The summed E-state index contributed by atoms with van der Waals surface area (Å²) in [6.45, 7) is 1.45. The number of fused-ring (bicyclic) bond motifs is 1. The fraction of sp³-hybridized carbons (Fsp3) is 0.217. The molecule has 0 radical (unpaired) electrons. The van der Waals surface area contributed by atoms with Crippen molar-refractivity contribution in [1.82, 2.24) is 14.6 Å². The Kier molecular flexibility index (Phi) is 5.64. The summed E-state index contributed by atoms with van der Waals surface area (Å²) in [5.74, 6) is 0.866. The predicted molar refractivity (Wildman–Crippen MR) is 114 cm³/mol. The minimum Gasteiger partial charge on any atom is -0.369 e. The summed E-state index contributed by atoms with van der Waals surface area (Å²) in [4.78, 5) is 4.47. The van der Waals surface area contributed by atoms with E-state index in [1.807, 2.05) is 35.0 Å². The highest BCUT2D eigenvalue weighted by molar-refractivity contribution is 5.63. The number of benzene rings is 2. The molecule has 28 heavy (non-hydrogen) atoms. The molecule has 0 aliphatic rings. The Hall–Kier alpha value is -3.18. The Labute approximate surface area is 165 Å². The SMILES string of the molecule is NCc1ccc(-c2cnc3ccc(NCCCCc4ccccc4)nn23)cc1. The molecule has 5 nitrogen and oxygen atoms in total. The molecule has 2 aromatic carbocycles. The van der Waals surface area contributed by atoms with Gasteiger partial charge in [-0.1, -0.05) is 54.6 Å². The summed E-state index contributed by atoms with van der Waals surface area (Å²) < 4.78 is 1.89. The fourth-order valence-corrected chi connectivity index (χ4v) is 3.29. The van der Waals surface area contributed by atoms with Gasteiger partial charge in [-0.2, -0.15) is 0 Å². The van der Waals surface area contributed by atoms with Crippen LogP contribution in [0.5, 0.6) is 0 Å². The maximum absolute atomic E-state index is 5.69. The number of aromatic nitrogens is 3. The van der Waals surface area contributed by atoms with Crippen LogP contribution < -0.4 is 11.1 Å². The first kappa shape index (κ1) is 18.2. The lowest BCUT2D eigenvalue weighted by atomic mass is 10.1. The van der Waals surface area contributed by atoms with Crippen LogP contribution in [0.2, 0.25) is 0 Å². The number of imidazole rings is 1. The summed E-state index contributed by atoms with van der Waals surface area (Å²) in [7, 11) is 0. The topological polar surface area (TPSA) is 68.2 Å². The lowest BCUT2D eigenvalue weighted by Gasteiger charge is -2.08. The van der Waals surface area contributed by atoms with Gasteiger partial charge in [-0.15, -0.1) is 5.10 Å². The van der Waals surface area contributed by atoms with Crippen LogP contribution in [-0.4, -0.2) is 21.1 Å². The minimum absolute atomic E-state index is 0.546. The first-order chi connectivity index (χ1) is 13.8. The Balaban J connectivity index is 1.39. The molecule has 0 spiro atoms. The van der Waals surface area contributed by atoms with E-state index in [0.717, 1.165) is 54.1 Å². The third-order valence-corrected chi connectivity index (χ3v) is 4.89. The molecule has 0 fully saturated rings. The number of nitrogens with zero attached hydrogens (tertiary/aromatic N) is 3. The number of unbranched alkanes of at least 4 members (excludes halogenated alkanes) is 1. The standard InChI is InChI=1S/C23H25N5/c24-16-19-9-11-20(12-10-19)21-17-26-23-14-13-22(27-28(21)23)25-15-5-4-8-18-6-2-1-3-7-18/h1-3,6-7,9-14,17H,4-5,8,15-16,24H2,(H,25,27). The highest BCUT2D eigenvalue weighted by atomic mass is 15.3. The van der Waals surface area contributed by atoms with E-state index in [1.54, 1.807) is 0 Å². The van der Waals surface area contributed by atoms with Crippen LogP contribution in [0.4, 0.5) is 5.82 Å². The van der Waals surface area contributed by atoms with E-state index in [4.69, 9.17) is 10.8 Å². The van der Waals surface area contributed by atoms with Crippen molar-refractivity contribution < 1.29 is 0 Å². The summed E-state index contributed by atoms with van der Waals surface area (Å²) in [5, 5.41) is 8.16. The summed E-state index contributed by atoms with van der Waals surface area (Å²) in [5.41, 5.74) is 11.1. The molecule has 5 heteroatoms. The van der Waals surface area contributed by atoms with E-state index in [2.05, 4.69) is 52.8 Å². The molecule has 3 N–H and O–H groups in total. The molecule has 0 amide bonds. The van der Waals surface area contributed by atoms with Crippen molar-refractivity contribution in [3.8, 4) is 11.3 Å². The third-order valence-electron chi connectivity index (χ3n) is 4.89. The van der Waals surface area contributed by atoms with Crippen LogP contribution in [0.25, 0.3) is 16.9 Å².